The number of aliphatic hydroxyl groups excluding tert-OH is 1. The number of halogens is 1. The molecule has 1 atom stereocenters. The highest BCUT2D eigenvalue weighted by Crippen LogP contribution is 2.38. The number of aliphatic hydroxyl groups is 1. The monoisotopic (exact) mass is 262 g/mol. The quantitative estimate of drug-likeness (QED) is 0.571. The second-order valence-corrected chi connectivity index (χ2v) is 3.41. The van der Waals surface area contributed by atoms with Gasteiger partial charge in [0.25, 0.3) is 0 Å². The van der Waals surface area contributed by atoms with Crippen LogP contribution in [0.5, 0.6) is 17.2 Å². The molecule has 3 N–H and O–H groups in total. The van der Waals surface area contributed by atoms with Crippen molar-refractivity contribution in [3.63, 3.8) is 0 Å². The van der Waals surface area contributed by atoms with E-state index in [1.807, 2.05) is 0 Å². The summed E-state index contributed by atoms with van der Waals surface area (Å²) in [6.45, 7) is 0. The third-order valence-electron chi connectivity index (χ3n) is 1.83. The van der Waals surface area contributed by atoms with Gasteiger partial charge in [-0.25, -0.2) is 0 Å². The average molecular weight is 263 g/mol. The number of aromatic hydroxyl groups is 2. The zero-order valence-electron chi connectivity index (χ0n) is 7.57. The maximum Gasteiger partial charge on any atom is 0.200 e. The van der Waals surface area contributed by atoms with E-state index in [-0.39, 0.29) is 17.2 Å². The summed E-state index contributed by atoms with van der Waals surface area (Å²) >= 11 is 3.11. The molecular formula is C9H11BrO4. The number of phenolic OH excluding ortho intramolecular Hbond substituents is 2. The highest BCUT2D eigenvalue weighted by Gasteiger charge is 2.13. The molecule has 78 valence electrons. The zero-order chi connectivity index (χ0) is 10.7. The van der Waals surface area contributed by atoms with Crippen molar-refractivity contribution < 1.29 is 20.1 Å². The lowest BCUT2D eigenvalue weighted by Crippen LogP contribution is -1.98. The molecule has 1 aromatic carbocycles. The Hall–Kier alpha value is -0.940. The van der Waals surface area contributed by atoms with Crippen molar-refractivity contribution in [1.82, 2.24) is 0 Å². The molecule has 0 aliphatic carbocycles. The molecule has 0 saturated heterocycles. The Morgan fingerprint density at radius 3 is 2.57 bits per heavy atom. The Morgan fingerprint density at radius 2 is 2.07 bits per heavy atom. The van der Waals surface area contributed by atoms with Gasteiger partial charge in [-0.15, -0.1) is 0 Å². The smallest absolute Gasteiger partial charge is 0.200 e. The summed E-state index contributed by atoms with van der Waals surface area (Å²) < 4.78 is 4.82. The normalized spacial score (nSPS) is 12.5. The van der Waals surface area contributed by atoms with Crippen molar-refractivity contribution in [2.45, 2.75) is 6.10 Å². The van der Waals surface area contributed by atoms with Crippen molar-refractivity contribution in [2.75, 3.05) is 12.4 Å². The summed E-state index contributed by atoms with van der Waals surface area (Å²) in [6, 6.07) is 2.77. The predicted molar refractivity (Wildman–Crippen MR) is 55.1 cm³/mol. The lowest BCUT2D eigenvalue weighted by Gasteiger charge is -2.11. The fourth-order valence-electron chi connectivity index (χ4n) is 1.05. The zero-order valence-corrected chi connectivity index (χ0v) is 9.15. The summed E-state index contributed by atoms with van der Waals surface area (Å²) in [4.78, 5) is 0. The molecule has 0 radical (unpaired) electrons. The van der Waals surface area contributed by atoms with Crippen LogP contribution in [0, 0.1) is 0 Å². The Labute approximate surface area is 89.9 Å². The van der Waals surface area contributed by atoms with E-state index in [1.54, 1.807) is 0 Å². The highest BCUT2D eigenvalue weighted by atomic mass is 79.9. The molecule has 5 heteroatoms. The number of alkyl halides is 1. The lowest BCUT2D eigenvalue weighted by atomic mass is 10.1. The van der Waals surface area contributed by atoms with Crippen LogP contribution in [0.3, 0.4) is 0 Å². The van der Waals surface area contributed by atoms with E-state index in [0.717, 1.165) is 0 Å². The Bertz CT molecular complexity index is 327. The third kappa shape index (κ3) is 2.10. The first-order valence-electron chi connectivity index (χ1n) is 3.94. The van der Waals surface area contributed by atoms with Crippen LogP contribution in [0.15, 0.2) is 12.1 Å². The van der Waals surface area contributed by atoms with Gasteiger partial charge in [0.15, 0.2) is 11.5 Å². The average Bonchev–Trinajstić information content (AvgIpc) is 2.20. The van der Waals surface area contributed by atoms with Gasteiger partial charge in [-0.2, -0.15) is 0 Å². The first kappa shape index (κ1) is 11.1. The molecule has 0 aliphatic rings. The number of hydrogen-bond acceptors (Lipinski definition) is 4. The first-order chi connectivity index (χ1) is 6.60. The van der Waals surface area contributed by atoms with Crippen LogP contribution in [0.4, 0.5) is 0 Å². The molecule has 1 unspecified atom stereocenters. The van der Waals surface area contributed by atoms with Crippen LogP contribution < -0.4 is 4.74 Å². The number of benzene rings is 1. The molecule has 0 bridgehead atoms. The second-order valence-electron chi connectivity index (χ2n) is 2.76. The van der Waals surface area contributed by atoms with Crippen LogP contribution in [-0.2, 0) is 0 Å². The van der Waals surface area contributed by atoms with Gasteiger partial charge >= 0.3 is 0 Å². The molecule has 0 fully saturated rings. The molecule has 0 aromatic heterocycles. The standard InChI is InChI=1S/C9H11BrO4/c1-14-8-3-5(7(12)4-10)2-6(11)9(8)13/h2-3,7,11-13H,4H2,1H3. The molecule has 14 heavy (non-hydrogen) atoms. The fraction of sp³-hybridized carbons (Fsp3) is 0.333. The van der Waals surface area contributed by atoms with E-state index < -0.39 is 6.10 Å². The summed E-state index contributed by atoms with van der Waals surface area (Å²) in [5, 5.41) is 28.4. The Morgan fingerprint density at radius 1 is 1.43 bits per heavy atom. The van der Waals surface area contributed by atoms with Crippen molar-refractivity contribution in [1.29, 1.82) is 0 Å². The summed E-state index contributed by atoms with van der Waals surface area (Å²) in [7, 11) is 1.37. The molecule has 0 spiro atoms. The van der Waals surface area contributed by atoms with Crippen LogP contribution in [0.1, 0.15) is 11.7 Å². The van der Waals surface area contributed by atoms with E-state index in [1.165, 1.54) is 19.2 Å². The van der Waals surface area contributed by atoms with E-state index in [2.05, 4.69) is 15.9 Å². The van der Waals surface area contributed by atoms with Gasteiger partial charge in [-0.3, -0.25) is 0 Å². The second kappa shape index (κ2) is 4.52. The van der Waals surface area contributed by atoms with Crippen molar-refractivity contribution in [3.8, 4) is 17.2 Å². The van der Waals surface area contributed by atoms with Crippen LogP contribution in [0.2, 0.25) is 0 Å². The van der Waals surface area contributed by atoms with E-state index in [9.17, 15) is 15.3 Å². The predicted octanol–water partition coefficient (Wildman–Crippen LogP) is 1.53. The summed E-state index contributed by atoms with van der Waals surface area (Å²) in [5.41, 5.74) is 0.481. The SMILES string of the molecule is COc1cc(C(O)CBr)cc(O)c1O. The minimum Gasteiger partial charge on any atom is -0.504 e. The molecule has 4 nitrogen and oxygen atoms in total. The Kier molecular flexibility index (Phi) is 3.60. The summed E-state index contributed by atoms with van der Waals surface area (Å²) in [5.74, 6) is -0.489. The lowest BCUT2D eigenvalue weighted by molar-refractivity contribution is 0.204. The van der Waals surface area contributed by atoms with Crippen molar-refractivity contribution in [2.24, 2.45) is 0 Å². The number of methoxy groups -OCH3 is 1. The van der Waals surface area contributed by atoms with Gasteiger partial charge < -0.3 is 20.1 Å². The number of hydrogen-bond donors (Lipinski definition) is 3. The van der Waals surface area contributed by atoms with Crippen LogP contribution in [-0.4, -0.2) is 27.8 Å². The molecule has 1 rings (SSSR count). The number of rotatable bonds is 3. The molecule has 1 aromatic rings. The highest BCUT2D eigenvalue weighted by molar-refractivity contribution is 9.09. The number of ether oxygens (including phenoxy) is 1. The molecular weight excluding hydrogens is 252 g/mol. The minimum atomic E-state index is -0.740. The minimum absolute atomic E-state index is 0.139. The topological polar surface area (TPSA) is 69.9 Å². The van der Waals surface area contributed by atoms with Gasteiger partial charge in [0, 0.05) is 5.33 Å². The summed E-state index contributed by atoms with van der Waals surface area (Å²) in [6.07, 6.45) is -0.740. The van der Waals surface area contributed by atoms with Gasteiger partial charge in [0.05, 0.1) is 13.2 Å². The number of phenols is 2. The fourth-order valence-corrected chi connectivity index (χ4v) is 1.42. The molecule has 0 saturated carbocycles. The van der Waals surface area contributed by atoms with Crippen LogP contribution in [0.25, 0.3) is 0 Å². The van der Waals surface area contributed by atoms with Crippen LogP contribution >= 0.6 is 15.9 Å². The van der Waals surface area contributed by atoms with E-state index >= 15 is 0 Å². The first-order valence-corrected chi connectivity index (χ1v) is 5.06. The maximum atomic E-state index is 9.47. The van der Waals surface area contributed by atoms with E-state index in [0.29, 0.717) is 10.9 Å². The van der Waals surface area contributed by atoms with Crippen molar-refractivity contribution >= 4 is 15.9 Å². The largest absolute Gasteiger partial charge is 0.504 e. The van der Waals surface area contributed by atoms with Gasteiger partial charge in [-0.05, 0) is 17.7 Å². The van der Waals surface area contributed by atoms with Gasteiger partial charge in [0.2, 0.25) is 5.75 Å². The third-order valence-corrected chi connectivity index (χ3v) is 2.44. The van der Waals surface area contributed by atoms with E-state index in [4.69, 9.17) is 4.74 Å². The van der Waals surface area contributed by atoms with Crippen molar-refractivity contribution in [3.05, 3.63) is 17.7 Å². The Balaban J connectivity index is 3.16. The molecule has 0 heterocycles. The maximum absolute atomic E-state index is 9.47. The molecule has 0 amide bonds. The van der Waals surface area contributed by atoms with Gasteiger partial charge in [0.1, 0.15) is 0 Å². The van der Waals surface area contributed by atoms with Gasteiger partial charge in [-0.1, -0.05) is 15.9 Å². The molecule has 0 aliphatic heterocycles.